The van der Waals surface area contributed by atoms with Gasteiger partial charge in [-0.15, -0.1) is 0 Å². The Kier molecular flexibility index (Phi) is 5.92. The molecule has 0 saturated carbocycles. The van der Waals surface area contributed by atoms with Crippen molar-refractivity contribution < 1.29 is 14.3 Å². The lowest BCUT2D eigenvalue weighted by Gasteiger charge is -2.13. The van der Waals surface area contributed by atoms with Crippen LogP contribution in [0.1, 0.15) is 18.1 Å². The molecular formula is C13H17N3O3S. The van der Waals surface area contributed by atoms with Crippen LogP contribution in [0.2, 0.25) is 0 Å². The topological polar surface area (TPSA) is 79.5 Å². The van der Waals surface area contributed by atoms with E-state index in [9.17, 15) is 9.59 Å². The highest BCUT2D eigenvalue weighted by molar-refractivity contribution is 7.80. The Bertz CT molecular complexity index is 511. The molecular weight excluding hydrogens is 278 g/mol. The van der Waals surface area contributed by atoms with E-state index in [1.54, 1.807) is 0 Å². The first-order valence-corrected chi connectivity index (χ1v) is 6.36. The second kappa shape index (κ2) is 7.44. The Morgan fingerprint density at radius 1 is 1.20 bits per heavy atom. The van der Waals surface area contributed by atoms with E-state index in [0.717, 1.165) is 11.1 Å². The van der Waals surface area contributed by atoms with Crippen LogP contribution in [0.5, 0.6) is 5.75 Å². The molecule has 1 rings (SSSR count). The van der Waals surface area contributed by atoms with E-state index in [2.05, 4.69) is 16.2 Å². The highest BCUT2D eigenvalue weighted by atomic mass is 32.1. The highest BCUT2D eigenvalue weighted by Gasteiger charge is 2.07. The number of ether oxygens (including phenoxy) is 1. The minimum Gasteiger partial charge on any atom is -0.483 e. The predicted octanol–water partition coefficient (Wildman–Crippen LogP) is 0.724. The molecule has 0 saturated heterocycles. The lowest BCUT2D eigenvalue weighted by molar-refractivity contribution is -0.124. The molecule has 0 radical (unpaired) electrons. The summed E-state index contributed by atoms with van der Waals surface area (Å²) in [5, 5.41) is 2.34. The van der Waals surface area contributed by atoms with Crippen LogP contribution in [-0.4, -0.2) is 23.5 Å². The van der Waals surface area contributed by atoms with Crippen molar-refractivity contribution in [1.82, 2.24) is 16.2 Å². The molecule has 1 aromatic rings. The molecule has 0 heterocycles. The standard InChI is InChI=1S/C13H17N3O3S/c1-8-5-4-6-9(2)12(8)19-7-11(18)15-16-13(20)14-10(3)17/h4-6H,7H2,1-3H3,(H,15,18)(H2,14,16,17,20). The van der Waals surface area contributed by atoms with Crippen molar-refractivity contribution in [3.8, 4) is 5.75 Å². The summed E-state index contributed by atoms with van der Waals surface area (Å²) in [5.74, 6) is -0.0315. The summed E-state index contributed by atoms with van der Waals surface area (Å²) in [6, 6.07) is 5.74. The van der Waals surface area contributed by atoms with Crippen molar-refractivity contribution in [2.45, 2.75) is 20.8 Å². The van der Waals surface area contributed by atoms with Gasteiger partial charge in [-0.3, -0.25) is 20.4 Å². The van der Waals surface area contributed by atoms with Crippen LogP contribution in [0.4, 0.5) is 0 Å². The maximum atomic E-state index is 11.6. The maximum Gasteiger partial charge on any atom is 0.276 e. The Morgan fingerprint density at radius 3 is 2.35 bits per heavy atom. The van der Waals surface area contributed by atoms with E-state index in [-0.39, 0.29) is 17.6 Å². The van der Waals surface area contributed by atoms with Gasteiger partial charge in [0.05, 0.1) is 0 Å². The van der Waals surface area contributed by atoms with E-state index < -0.39 is 5.91 Å². The first-order valence-electron chi connectivity index (χ1n) is 5.95. The maximum absolute atomic E-state index is 11.6. The molecule has 0 aromatic heterocycles. The number of benzene rings is 1. The van der Waals surface area contributed by atoms with E-state index in [1.165, 1.54) is 6.92 Å². The minimum atomic E-state index is -0.402. The fraction of sp³-hybridized carbons (Fsp3) is 0.308. The van der Waals surface area contributed by atoms with Gasteiger partial charge in [0.1, 0.15) is 5.75 Å². The number of rotatable bonds is 3. The van der Waals surface area contributed by atoms with Crippen LogP contribution < -0.4 is 20.9 Å². The number of carbonyl (C=O) groups is 2. The molecule has 1 aromatic carbocycles. The van der Waals surface area contributed by atoms with Gasteiger partial charge in [0.25, 0.3) is 5.91 Å². The molecule has 0 atom stereocenters. The molecule has 0 fully saturated rings. The molecule has 20 heavy (non-hydrogen) atoms. The number of para-hydroxylation sites is 1. The van der Waals surface area contributed by atoms with Crippen molar-refractivity contribution in [2.75, 3.05) is 6.61 Å². The Hall–Kier alpha value is -2.15. The van der Waals surface area contributed by atoms with Gasteiger partial charge in [0.2, 0.25) is 5.91 Å². The Balaban J connectivity index is 2.40. The lowest BCUT2D eigenvalue weighted by atomic mass is 10.1. The number of hydrogen-bond donors (Lipinski definition) is 3. The van der Waals surface area contributed by atoms with Crippen molar-refractivity contribution in [1.29, 1.82) is 0 Å². The van der Waals surface area contributed by atoms with Gasteiger partial charge in [0, 0.05) is 6.92 Å². The molecule has 0 spiro atoms. The number of nitrogens with one attached hydrogen (secondary N) is 3. The molecule has 7 heteroatoms. The third-order valence-electron chi connectivity index (χ3n) is 2.36. The number of amides is 2. The summed E-state index contributed by atoms with van der Waals surface area (Å²) in [6.07, 6.45) is 0. The van der Waals surface area contributed by atoms with Crippen LogP contribution in [0.3, 0.4) is 0 Å². The van der Waals surface area contributed by atoms with E-state index in [4.69, 9.17) is 17.0 Å². The number of thiocarbonyl (C=S) groups is 1. The van der Waals surface area contributed by atoms with Gasteiger partial charge >= 0.3 is 0 Å². The SMILES string of the molecule is CC(=O)NC(=S)NNC(=O)COc1c(C)cccc1C. The van der Waals surface area contributed by atoms with Crippen LogP contribution in [0, 0.1) is 13.8 Å². The first-order chi connectivity index (χ1) is 9.40. The lowest BCUT2D eigenvalue weighted by Crippen LogP contribution is -2.49. The third-order valence-corrected chi connectivity index (χ3v) is 2.57. The number of carbonyl (C=O) groups excluding carboxylic acids is 2. The summed E-state index contributed by atoms with van der Waals surface area (Å²) >= 11 is 4.77. The summed E-state index contributed by atoms with van der Waals surface area (Å²) in [4.78, 5) is 22.3. The normalized spacial score (nSPS) is 9.55. The zero-order valence-corrected chi connectivity index (χ0v) is 12.4. The number of aryl methyl sites for hydroxylation is 2. The van der Waals surface area contributed by atoms with Crippen LogP contribution >= 0.6 is 12.2 Å². The fourth-order valence-electron chi connectivity index (χ4n) is 1.52. The molecule has 0 bridgehead atoms. The minimum absolute atomic E-state index is 0.0259. The molecule has 0 aliphatic heterocycles. The third kappa shape index (κ3) is 5.23. The van der Waals surface area contributed by atoms with E-state index in [0.29, 0.717) is 5.75 Å². The number of hydrogen-bond acceptors (Lipinski definition) is 4. The van der Waals surface area contributed by atoms with Crippen molar-refractivity contribution in [3.05, 3.63) is 29.3 Å². The predicted molar refractivity (Wildman–Crippen MR) is 79.1 cm³/mol. The van der Waals surface area contributed by atoms with Crippen LogP contribution in [0.15, 0.2) is 18.2 Å². The monoisotopic (exact) mass is 295 g/mol. The first kappa shape index (κ1) is 15.9. The molecule has 108 valence electrons. The fourth-order valence-corrected chi connectivity index (χ4v) is 1.71. The summed E-state index contributed by atoms with van der Waals surface area (Å²) in [7, 11) is 0. The second-order valence-electron chi connectivity index (χ2n) is 4.19. The molecule has 0 unspecified atom stereocenters. The largest absolute Gasteiger partial charge is 0.483 e. The quantitative estimate of drug-likeness (QED) is 0.566. The second-order valence-corrected chi connectivity index (χ2v) is 4.60. The molecule has 0 aliphatic rings. The summed E-state index contributed by atoms with van der Waals surface area (Å²) in [5.41, 5.74) is 6.64. The van der Waals surface area contributed by atoms with Gasteiger partial charge < -0.3 is 10.1 Å². The Morgan fingerprint density at radius 2 is 1.80 bits per heavy atom. The smallest absolute Gasteiger partial charge is 0.276 e. The van der Waals surface area contributed by atoms with Crippen molar-refractivity contribution in [2.24, 2.45) is 0 Å². The van der Waals surface area contributed by atoms with E-state index >= 15 is 0 Å². The average Bonchev–Trinajstić information content (AvgIpc) is 2.35. The summed E-state index contributed by atoms with van der Waals surface area (Å²) < 4.78 is 5.46. The van der Waals surface area contributed by atoms with Crippen LogP contribution in [0.25, 0.3) is 0 Å². The van der Waals surface area contributed by atoms with Gasteiger partial charge in [-0.25, -0.2) is 0 Å². The highest BCUT2D eigenvalue weighted by Crippen LogP contribution is 2.21. The van der Waals surface area contributed by atoms with Crippen molar-refractivity contribution >= 4 is 29.1 Å². The summed E-state index contributed by atoms with van der Waals surface area (Å²) in [6.45, 7) is 4.98. The van der Waals surface area contributed by atoms with Gasteiger partial charge in [0.15, 0.2) is 11.7 Å². The van der Waals surface area contributed by atoms with Crippen LogP contribution in [-0.2, 0) is 9.59 Å². The average molecular weight is 295 g/mol. The molecule has 3 N–H and O–H groups in total. The zero-order valence-electron chi connectivity index (χ0n) is 11.6. The van der Waals surface area contributed by atoms with E-state index in [1.807, 2.05) is 32.0 Å². The van der Waals surface area contributed by atoms with Crippen molar-refractivity contribution in [3.63, 3.8) is 0 Å². The molecule has 2 amide bonds. The van der Waals surface area contributed by atoms with Gasteiger partial charge in [-0.1, -0.05) is 18.2 Å². The van der Waals surface area contributed by atoms with Gasteiger partial charge in [-0.2, -0.15) is 0 Å². The molecule has 6 nitrogen and oxygen atoms in total. The number of hydrazine groups is 1. The molecule has 0 aliphatic carbocycles. The van der Waals surface area contributed by atoms with Gasteiger partial charge in [-0.05, 0) is 37.2 Å². The zero-order chi connectivity index (χ0) is 15.1. The Labute approximate surface area is 122 Å².